The van der Waals surface area contributed by atoms with Gasteiger partial charge in [0.25, 0.3) is 0 Å². The van der Waals surface area contributed by atoms with Crippen LogP contribution in [0.4, 0.5) is 11.5 Å². The van der Waals surface area contributed by atoms with Gasteiger partial charge in [-0.3, -0.25) is 4.79 Å². The Hall–Kier alpha value is -10.5. The number of aryl methyl sites for hydroxylation is 1. The first-order chi connectivity index (χ1) is 51.7. The first-order valence-corrected chi connectivity index (χ1v) is 38.3. The average Bonchev–Trinajstić information content (AvgIpc) is 1.47. The van der Waals surface area contributed by atoms with Crippen LogP contribution in [0.1, 0.15) is 121 Å². The first-order valence-electron chi connectivity index (χ1n) is 38.3. The molecule has 4 fully saturated rings. The van der Waals surface area contributed by atoms with Crippen LogP contribution in [-0.2, 0) is 35.5 Å². The van der Waals surface area contributed by atoms with Crippen molar-refractivity contribution in [2.45, 2.75) is 124 Å². The number of aromatic amines is 1. The number of hydrogen-bond acceptors (Lipinski definition) is 11. The maximum absolute atomic E-state index is 15.8. The zero-order chi connectivity index (χ0) is 71.5. The van der Waals surface area contributed by atoms with Crippen molar-refractivity contribution in [2.75, 3.05) is 44.9 Å². The lowest BCUT2D eigenvalue weighted by Gasteiger charge is -2.55. The molecule has 7 heterocycles. The van der Waals surface area contributed by atoms with Crippen LogP contribution in [0.3, 0.4) is 0 Å². The lowest BCUT2D eigenvalue weighted by atomic mass is 9.49. The van der Waals surface area contributed by atoms with Crippen LogP contribution in [-0.4, -0.2) is 84.5 Å². The third-order valence-corrected chi connectivity index (χ3v) is 27.3. The van der Waals surface area contributed by atoms with Gasteiger partial charge < -0.3 is 60.6 Å². The highest BCUT2D eigenvalue weighted by Gasteiger charge is 2.70. The van der Waals surface area contributed by atoms with E-state index in [0.717, 1.165) is 97.0 Å². The van der Waals surface area contributed by atoms with Gasteiger partial charge in [0.05, 0.1) is 55.7 Å². The second-order valence-corrected chi connectivity index (χ2v) is 32.3. The van der Waals surface area contributed by atoms with Crippen molar-refractivity contribution in [3.05, 3.63) is 224 Å². The number of aliphatic imine (C=N–C) groups is 1. The number of anilines is 1. The molecule has 8 aromatic carbocycles. The maximum atomic E-state index is 15.8. The number of H-pyrrole nitrogens is 1. The minimum absolute atomic E-state index is 0.0232. The van der Waals surface area contributed by atoms with Crippen molar-refractivity contribution in [2.24, 2.45) is 51.5 Å². The molecule has 13 atom stereocenters. The van der Waals surface area contributed by atoms with Gasteiger partial charge in [-0.1, -0.05) is 152 Å². The van der Waals surface area contributed by atoms with Crippen molar-refractivity contribution in [3.63, 3.8) is 0 Å². The summed E-state index contributed by atoms with van der Waals surface area (Å²) in [5.74, 6) is 18.0. The summed E-state index contributed by atoms with van der Waals surface area (Å²) in [6, 6.07) is 51.7. The second-order valence-electron chi connectivity index (χ2n) is 32.3. The largest absolute Gasteiger partial charge is 0.508 e. The number of phenolic OH excluding ortho intramolecular Hbond substituents is 1. The molecule has 10 aromatic rings. The van der Waals surface area contributed by atoms with E-state index in [1.807, 2.05) is 36.4 Å². The van der Waals surface area contributed by atoms with Gasteiger partial charge in [0.2, 0.25) is 5.75 Å². The van der Waals surface area contributed by atoms with Gasteiger partial charge in [-0.05, 0) is 196 Å². The number of allylic oxidation sites excluding steroid dienone is 2. The Bertz CT molecular complexity index is 5630. The molecule has 532 valence electrons. The zero-order valence-corrected chi connectivity index (χ0v) is 59.8. The Morgan fingerprint density at radius 2 is 1.70 bits per heavy atom. The molecule has 14 nitrogen and oxygen atoms in total. The molecule has 11 aliphatic rings. The number of phenols is 1. The van der Waals surface area contributed by atoms with Gasteiger partial charge in [-0.2, -0.15) is 0 Å². The summed E-state index contributed by atoms with van der Waals surface area (Å²) >= 11 is 0. The third-order valence-electron chi connectivity index (χ3n) is 27.3. The SMILES string of the molecule is COc1c2c(c3oc(-c4ccc(O)cc4)cc(=O)c3c1OCCC(O)C=Cc1ccccc1)C1C#CC3NCCN4c5[nH]c(cc5-c5cccc(c5)C1)C1(C)C5CCC6C#CC7C8C=C(CCC61CC5)c1ccc5cc6ccccc6c6c5c1C8(CC6)CC7(c1ccc(c(N=C(N)N)c1)CC(CO)CO2)C34. The molecule has 106 heavy (non-hydrogen) atoms. The van der Waals surface area contributed by atoms with Gasteiger partial charge >= 0.3 is 0 Å². The molecule has 6 aliphatic carbocycles. The minimum atomic E-state index is -0.914. The summed E-state index contributed by atoms with van der Waals surface area (Å²) in [4.78, 5) is 28.1. The van der Waals surface area contributed by atoms with Gasteiger partial charge in [0, 0.05) is 88.9 Å². The average molecular weight is 1400 g/mol. The molecule has 9 N–H and O–H groups in total. The lowest BCUT2D eigenvalue weighted by molar-refractivity contribution is 0.0306. The van der Waals surface area contributed by atoms with E-state index < -0.39 is 46.3 Å². The molecule has 0 radical (unpaired) electrons. The molecule has 14 heteroatoms. The highest BCUT2D eigenvalue weighted by atomic mass is 16.5. The lowest BCUT2D eigenvalue weighted by Crippen LogP contribution is -2.67. The number of benzene rings is 8. The predicted octanol–water partition coefficient (Wildman–Crippen LogP) is 15.0. The van der Waals surface area contributed by atoms with E-state index in [-0.39, 0.29) is 101 Å². The summed E-state index contributed by atoms with van der Waals surface area (Å²) in [5, 5.41) is 43.7. The van der Waals surface area contributed by atoms with E-state index >= 15 is 4.79 Å². The second kappa shape index (κ2) is 24.5. The van der Waals surface area contributed by atoms with Crippen LogP contribution in [0.5, 0.6) is 23.0 Å². The highest BCUT2D eigenvalue weighted by Crippen LogP contribution is 2.73. The van der Waals surface area contributed by atoms with Crippen molar-refractivity contribution in [1.29, 1.82) is 0 Å². The number of guanidine groups is 1. The number of nitrogens with zero attached hydrogens (tertiary/aromatic N) is 2. The van der Waals surface area contributed by atoms with E-state index in [0.29, 0.717) is 48.7 Å². The fourth-order valence-corrected chi connectivity index (χ4v) is 22.7. The van der Waals surface area contributed by atoms with Gasteiger partial charge in [0.15, 0.2) is 28.5 Å². The highest BCUT2D eigenvalue weighted by molar-refractivity contribution is 6.07. The molecule has 17 bridgehead atoms. The van der Waals surface area contributed by atoms with Crippen LogP contribution in [0, 0.1) is 58.7 Å². The van der Waals surface area contributed by atoms with Crippen molar-refractivity contribution in [3.8, 4) is 69.1 Å². The van der Waals surface area contributed by atoms with Crippen molar-refractivity contribution < 1.29 is 33.9 Å². The fraction of sp³-hybridized carbons (Fsp3) is 0.348. The van der Waals surface area contributed by atoms with E-state index in [1.54, 1.807) is 37.5 Å². The number of aliphatic hydroxyl groups is 2. The number of nitrogens with two attached hydrogens (primary N) is 2. The molecular weight excluding hydrogens is 1320 g/mol. The van der Waals surface area contributed by atoms with E-state index in [4.69, 9.17) is 35.1 Å². The Labute approximate surface area is 616 Å². The van der Waals surface area contributed by atoms with Crippen LogP contribution in [0.2, 0.25) is 0 Å². The summed E-state index contributed by atoms with van der Waals surface area (Å²) in [7, 11) is 1.54. The number of ether oxygens (including phenoxy) is 3. The Morgan fingerprint density at radius 3 is 2.56 bits per heavy atom. The van der Waals surface area contributed by atoms with Gasteiger partial charge in [-0.15, -0.1) is 0 Å². The number of methoxy groups -OCH3 is 1. The maximum Gasteiger partial charge on any atom is 0.204 e. The molecular formula is C92H86N6O8. The number of aromatic nitrogens is 1. The molecule has 3 spiro atoms. The number of rotatable bonds is 10. The number of aromatic hydroxyl groups is 1. The van der Waals surface area contributed by atoms with E-state index in [9.17, 15) is 15.3 Å². The molecule has 21 rings (SSSR count). The monoisotopic (exact) mass is 1400 g/mol. The third kappa shape index (κ3) is 9.62. The fourth-order valence-electron chi connectivity index (χ4n) is 22.7. The number of hydrogen-bond donors (Lipinski definition) is 7. The van der Waals surface area contributed by atoms with Crippen molar-refractivity contribution in [1.82, 2.24) is 10.3 Å². The summed E-state index contributed by atoms with van der Waals surface area (Å²) < 4.78 is 28.2. The van der Waals surface area contributed by atoms with Gasteiger partial charge in [0.1, 0.15) is 22.7 Å². The summed E-state index contributed by atoms with van der Waals surface area (Å²) in [6.45, 7) is 3.50. The Kier molecular flexibility index (Phi) is 15.1. The zero-order valence-electron chi connectivity index (χ0n) is 59.8. The first kappa shape index (κ1) is 65.1. The van der Waals surface area contributed by atoms with Crippen molar-refractivity contribution >= 4 is 61.6 Å². The number of aliphatic hydroxyl groups excluding tert-OH is 2. The van der Waals surface area contributed by atoms with Crippen LogP contribution >= 0.6 is 0 Å². The smallest absolute Gasteiger partial charge is 0.204 e. The standard InChI is InChI=1S/C92H86N6O8/c1-89-62-22-23-63-24-29-71-72-45-58(31-36-91(63,89)37-32-62)68-28-19-61-44-57-12-6-7-14-67(57)69-33-35-90(72,81(68)78(61)69)51-92(71)64-21-16-59(74(46-64)96-88(93)94)43-54(49-99)50-105-83-79(60-20-30-73-86(92)98(39-38-95-73)87-70(47-77(89)97-87)56-13-8-11-53(41-56)42-60)82-80(75(102)48-76(106-82)55-17-26-65(100)27-18-55)84(85(83)103-2)104-40-34-66(101)25-15-52-9-4-3-5-10-52/h3-19,21,25-28,41,44-48,54,60,62-63,66,71-73,86,95,97,99-101H,22-23,31-40,42-43,49-51H2,1-2H3,(H4,93,94,96). The van der Waals surface area contributed by atoms with E-state index in [2.05, 4.69) is 143 Å². The number of nitrogens with one attached hydrogen (secondary N) is 2. The number of fused-ring (bicyclic) bond motifs is 13. The normalized spacial score (nSPS) is 28.3. The topological polar surface area (TPSA) is 214 Å². The Morgan fingerprint density at radius 1 is 0.830 bits per heavy atom. The van der Waals surface area contributed by atoms with Crippen LogP contribution in [0.15, 0.2) is 178 Å². The summed E-state index contributed by atoms with van der Waals surface area (Å²) in [5.41, 5.74) is 26.2. The van der Waals surface area contributed by atoms with Gasteiger partial charge in [-0.25, -0.2) is 4.99 Å². The molecule has 13 unspecified atom stereocenters. The minimum Gasteiger partial charge on any atom is -0.508 e. The molecule has 5 aliphatic heterocycles. The molecule has 2 aromatic heterocycles. The Balaban J connectivity index is 0.897. The van der Waals surface area contributed by atoms with Crippen LogP contribution in [0.25, 0.3) is 66.6 Å². The van der Waals surface area contributed by atoms with Crippen LogP contribution < -0.4 is 41.3 Å². The molecule has 3 saturated carbocycles. The molecule has 1 saturated heterocycles. The predicted molar refractivity (Wildman–Crippen MR) is 418 cm³/mol. The van der Waals surface area contributed by atoms with E-state index in [1.165, 1.54) is 55.6 Å². The molecule has 0 amide bonds. The summed E-state index contributed by atoms with van der Waals surface area (Å²) in [6.07, 6.45) is 15.2. The quantitative estimate of drug-likeness (QED) is 0.0295. The number of piperazine rings is 1.